The zero-order valence-corrected chi connectivity index (χ0v) is 7.64. The van der Waals surface area contributed by atoms with Crippen molar-refractivity contribution in [2.24, 2.45) is 0 Å². The van der Waals surface area contributed by atoms with Crippen molar-refractivity contribution in [3.63, 3.8) is 0 Å². The van der Waals surface area contributed by atoms with Gasteiger partial charge in [0.1, 0.15) is 12.2 Å². The summed E-state index contributed by atoms with van der Waals surface area (Å²) in [6, 6.07) is 0. The van der Waals surface area contributed by atoms with E-state index in [0.717, 1.165) is 0 Å². The van der Waals surface area contributed by atoms with Crippen LogP contribution in [-0.4, -0.2) is 40.8 Å². The average Bonchev–Trinajstić information content (AvgIpc) is 1.98. The van der Waals surface area contributed by atoms with Crippen LogP contribution in [0.15, 0.2) is 0 Å². The topological polar surface area (TPSA) is 76.0 Å². The summed E-state index contributed by atoms with van der Waals surface area (Å²) in [4.78, 5) is 10.6. The Morgan fingerprint density at radius 1 is 1.54 bits per heavy atom. The van der Waals surface area contributed by atoms with Gasteiger partial charge in [-0.2, -0.15) is 0 Å². The molecular weight excluding hydrogens is 176 g/mol. The number of esters is 1. The van der Waals surface area contributed by atoms with Gasteiger partial charge in [-0.1, -0.05) is 0 Å². The first-order valence-electron chi connectivity index (χ1n) is 4.19. The summed E-state index contributed by atoms with van der Waals surface area (Å²) < 4.78 is 9.74. The second-order valence-electron chi connectivity index (χ2n) is 3.17. The van der Waals surface area contributed by atoms with Crippen LogP contribution in [-0.2, 0) is 14.3 Å². The highest BCUT2D eigenvalue weighted by Crippen LogP contribution is 2.21. The van der Waals surface area contributed by atoms with E-state index in [1.807, 2.05) is 0 Å². The molecule has 0 aromatic heterocycles. The van der Waals surface area contributed by atoms with Gasteiger partial charge in [-0.3, -0.25) is 4.79 Å². The quantitative estimate of drug-likeness (QED) is 0.540. The van der Waals surface area contributed by atoms with E-state index in [0.29, 0.717) is 0 Å². The fourth-order valence-corrected chi connectivity index (χ4v) is 1.36. The van der Waals surface area contributed by atoms with Crippen LogP contribution < -0.4 is 0 Å². The van der Waals surface area contributed by atoms with Crippen molar-refractivity contribution in [1.29, 1.82) is 0 Å². The van der Waals surface area contributed by atoms with Crippen molar-refractivity contribution < 1.29 is 24.5 Å². The smallest absolute Gasteiger partial charge is 0.302 e. The first-order valence-corrected chi connectivity index (χ1v) is 4.19. The molecule has 0 radical (unpaired) electrons. The Bertz CT molecular complexity index is 193. The molecule has 2 N–H and O–H groups in total. The van der Waals surface area contributed by atoms with Gasteiger partial charge in [-0.15, -0.1) is 0 Å². The Morgan fingerprint density at radius 2 is 2.15 bits per heavy atom. The van der Waals surface area contributed by atoms with Crippen LogP contribution in [0, 0.1) is 0 Å². The third-order valence-electron chi connectivity index (χ3n) is 1.98. The largest absolute Gasteiger partial charge is 0.459 e. The molecule has 1 saturated heterocycles. The molecule has 1 aliphatic rings. The maximum Gasteiger partial charge on any atom is 0.302 e. The van der Waals surface area contributed by atoms with Crippen molar-refractivity contribution in [3.05, 3.63) is 0 Å². The Hall–Kier alpha value is -0.650. The maximum absolute atomic E-state index is 10.6. The zero-order chi connectivity index (χ0) is 10.0. The van der Waals surface area contributed by atoms with E-state index in [-0.39, 0.29) is 6.42 Å². The predicted octanol–water partition coefficient (Wildman–Crippen LogP) is -0.594. The van der Waals surface area contributed by atoms with Crippen molar-refractivity contribution in [2.75, 3.05) is 0 Å². The van der Waals surface area contributed by atoms with Gasteiger partial charge in [-0.05, 0) is 6.92 Å². The Balaban J connectivity index is 2.55. The van der Waals surface area contributed by atoms with E-state index in [9.17, 15) is 9.90 Å². The van der Waals surface area contributed by atoms with E-state index < -0.39 is 30.6 Å². The summed E-state index contributed by atoms with van der Waals surface area (Å²) in [5, 5.41) is 18.6. The van der Waals surface area contributed by atoms with E-state index in [1.165, 1.54) is 6.92 Å². The standard InChI is InChI=1S/C8H14O5/c1-4-8(11)6(13-5(2)9)3-7(10)12-4/h4,6-8,10-11H,3H2,1-2H3/t4-,6-,7?,8+/m1/s1. The minimum atomic E-state index is -0.970. The fraction of sp³-hybridized carbons (Fsp3) is 0.875. The second kappa shape index (κ2) is 4.04. The van der Waals surface area contributed by atoms with Crippen LogP contribution in [0.3, 0.4) is 0 Å². The molecule has 0 saturated carbocycles. The lowest BCUT2D eigenvalue weighted by Gasteiger charge is -2.34. The van der Waals surface area contributed by atoms with Gasteiger partial charge >= 0.3 is 5.97 Å². The molecular formula is C8H14O5. The molecule has 1 heterocycles. The molecule has 1 fully saturated rings. The number of aliphatic hydroxyl groups excluding tert-OH is 2. The summed E-state index contributed by atoms with van der Waals surface area (Å²) in [5.74, 6) is -0.467. The molecule has 76 valence electrons. The second-order valence-corrected chi connectivity index (χ2v) is 3.17. The van der Waals surface area contributed by atoms with Crippen molar-refractivity contribution >= 4 is 5.97 Å². The highest BCUT2D eigenvalue weighted by molar-refractivity contribution is 5.66. The van der Waals surface area contributed by atoms with E-state index in [2.05, 4.69) is 0 Å². The molecule has 5 heteroatoms. The number of hydrogen-bond donors (Lipinski definition) is 2. The number of carbonyl (C=O) groups is 1. The molecule has 0 aromatic rings. The molecule has 4 atom stereocenters. The summed E-state index contributed by atoms with van der Waals surface area (Å²) in [5.41, 5.74) is 0. The summed E-state index contributed by atoms with van der Waals surface area (Å²) >= 11 is 0. The van der Waals surface area contributed by atoms with Gasteiger partial charge in [0.15, 0.2) is 6.29 Å². The number of aliphatic hydroxyl groups is 2. The van der Waals surface area contributed by atoms with Crippen LogP contribution >= 0.6 is 0 Å². The number of rotatable bonds is 1. The van der Waals surface area contributed by atoms with Crippen molar-refractivity contribution in [2.45, 2.75) is 44.9 Å². The maximum atomic E-state index is 10.6. The minimum Gasteiger partial charge on any atom is -0.459 e. The van der Waals surface area contributed by atoms with Gasteiger partial charge in [0.2, 0.25) is 0 Å². The van der Waals surface area contributed by atoms with Crippen molar-refractivity contribution in [3.8, 4) is 0 Å². The number of hydrogen-bond acceptors (Lipinski definition) is 5. The molecule has 0 amide bonds. The van der Waals surface area contributed by atoms with Gasteiger partial charge in [-0.25, -0.2) is 0 Å². The van der Waals surface area contributed by atoms with Crippen LogP contribution in [0.5, 0.6) is 0 Å². The third kappa shape index (κ3) is 2.65. The highest BCUT2D eigenvalue weighted by Gasteiger charge is 2.36. The molecule has 0 spiro atoms. The molecule has 0 aromatic carbocycles. The first kappa shape index (κ1) is 10.4. The predicted molar refractivity (Wildman–Crippen MR) is 42.7 cm³/mol. The third-order valence-corrected chi connectivity index (χ3v) is 1.98. The molecule has 0 bridgehead atoms. The summed E-state index contributed by atoms with van der Waals surface area (Å²) in [6.07, 6.45) is -2.91. The number of ether oxygens (including phenoxy) is 2. The monoisotopic (exact) mass is 190 g/mol. The minimum absolute atomic E-state index is 0.116. The average molecular weight is 190 g/mol. The lowest BCUT2D eigenvalue weighted by molar-refractivity contribution is -0.233. The van der Waals surface area contributed by atoms with Crippen LogP contribution in [0.2, 0.25) is 0 Å². The van der Waals surface area contributed by atoms with Crippen LogP contribution in [0.25, 0.3) is 0 Å². The highest BCUT2D eigenvalue weighted by atomic mass is 16.6. The lowest BCUT2D eigenvalue weighted by atomic mass is 10.0. The normalized spacial score (nSPS) is 40.0. The molecule has 0 aliphatic carbocycles. The van der Waals surface area contributed by atoms with Gasteiger partial charge in [0.25, 0.3) is 0 Å². The van der Waals surface area contributed by atoms with Crippen LogP contribution in [0.1, 0.15) is 20.3 Å². The molecule has 5 nitrogen and oxygen atoms in total. The molecule has 1 rings (SSSR count). The van der Waals surface area contributed by atoms with E-state index in [4.69, 9.17) is 14.6 Å². The van der Waals surface area contributed by atoms with Crippen LogP contribution in [0.4, 0.5) is 0 Å². The van der Waals surface area contributed by atoms with Gasteiger partial charge in [0, 0.05) is 13.3 Å². The Labute approximate surface area is 76.3 Å². The first-order chi connectivity index (χ1) is 6.00. The molecule has 1 aliphatic heterocycles. The molecule has 13 heavy (non-hydrogen) atoms. The lowest BCUT2D eigenvalue weighted by Crippen LogP contribution is -2.48. The Kier molecular flexibility index (Phi) is 3.24. The fourth-order valence-electron chi connectivity index (χ4n) is 1.36. The SMILES string of the molecule is CC(=O)O[C@@H]1CC(O)O[C@H](C)[C@@H]1O. The number of carbonyl (C=O) groups excluding carboxylic acids is 1. The van der Waals surface area contributed by atoms with Gasteiger partial charge < -0.3 is 19.7 Å². The zero-order valence-electron chi connectivity index (χ0n) is 7.64. The summed E-state index contributed by atoms with van der Waals surface area (Å²) in [7, 11) is 0. The van der Waals surface area contributed by atoms with Gasteiger partial charge in [0.05, 0.1) is 6.10 Å². The van der Waals surface area contributed by atoms with Crippen molar-refractivity contribution in [1.82, 2.24) is 0 Å². The summed E-state index contributed by atoms with van der Waals surface area (Å²) in [6.45, 7) is 2.88. The molecule has 1 unspecified atom stereocenters. The van der Waals surface area contributed by atoms with E-state index >= 15 is 0 Å². The van der Waals surface area contributed by atoms with E-state index in [1.54, 1.807) is 6.92 Å². The Morgan fingerprint density at radius 3 is 2.69 bits per heavy atom.